The number of hydrogen-bond acceptors (Lipinski definition) is 5. The van der Waals surface area contributed by atoms with Gasteiger partial charge in [-0.1, -0.05) is 417 Å². The zero-order chi connectivity index (χ0) is 63.5. The van der Waals surface area contributed by atoms with E-state index in [4.69, 9.17) is 4.74 Å². The van der Waals surface area contributed by atoms with Crippen molar-refractivity contribution in [1.29, 1.82) is 0 Å². The van der Waals surface area contributed by atoms with Crippen LogP contribution in [0.5, 0.6) is 0 Å². The summed E-state index contributed by atoms with van der Waals surface area (Å²) in [6.45, 7) is 4.96. The van der Waals surface area contributed by atoms with Crippen LogP contribution >= 0.6 is 0 Å². The standard InChI is InChI=1S/C82H159NO5/c1-3-5-7-9-11-13-15-17-19-20-44-47-50-54-58-62-66-70-74-80(85)79(78-84)83-81(86)75-71-67-63-59-55-51-48-45-42-40-38-36-34-32-30-28-26-24-22-21-23-25-27-29-31-33-35-37-39-41-43-46-49-53-57-61-65-69-73-77-88-82(87)76-72-68-64-60-56-52-18-16-14-12-10-8-6-4-2/h21-22,70,74,79-80,84-85H,3-20,23-69,71-73,75-78H2,1-2H3,(H,83,86)/b22-21-,74-70+. The lowest BCUT2D eigenvalue weighted by molar-refractivity contribution is -0.143. The number of nitrogens with one attached hydrogen (secondary N) is 1. The van der Waals surface area contributed by atoms with Crippen molar-refractivity contribution in [1.82, 2.24) is 5.32 Å². The Balaban J connectivity index is 3.33. The number of aliphatic hydroxyl groups is 2. The SMILES string of the molecule is CCCCCCCCCCCCCCCCCC/C=C/C(O)C(CO)NC(=O)CCCCCCCCCCCCCCCCCCC/C=C\CCCCCCCCCCCCCCCCCCCCOC(=O)CCCCCCCCCCCCCCCC. The highest BCUT2D eigenvalue weighted by Crippen LogP contribution is 2.20. The number of ether oxygens (including phenoxy) is 1. The zero-order valence-corrected chi connectivity index (χ0v) is 60.0. The number of hydrogen-bond donors (Lipinski definition) is 3. The van der Waals surface area contributed by atoms with Crippen molar-refractivity contribution >= 4 is 11.9 Å². The molecule has 0 aliphatic heterocycles. The number of allylic oxidation sites excluding steroid dienone is 3. The van der Waals surface area contributed by atoms with E-state index in [0.29, 0.717) is 19.4 Å². The van der Waals surface area contributed by atoms with Crippen LogP contribution < -0.4 is 5.32 Å². The third kappa shape index (κ3) is 73.4. The highest BCUT2D eigenvalue weighted by Gasteiger charge is 2.18. The molecular weight excluding hydrogens is 1080 g/mol. The Morgan fingerprint density at radius 1 is 0.307 bits per heavy atom. The van der Waals surface area contributed by atoms with Gasteiger partial charge in [0.2, 0.25) is 5.91 Å². The van der Waals surface area contributed by atoms with Crippen molar-refractivity contribution in [3.05, 3.63) is 24.3 Å². The molecule has 0 aromatic heterocycles. The molecule has 88 heavy (non-hydrogen) atoms. The first-order valence-electron chi connectivity index (χ1n) is 40.6. The van der Waals surface area contributed by atoms with Gasteiger partial charge in [0.15, 0.2) is 0 Å². The van der Waals surface area contributed by atoms with Crippen LogP contribution in [0.3, 0.4) is 0 Å². The van der Waals surface area contributed by atoms with E-state index in [9.17, 15) is 19.8 Å². The Morgan fingerprint density at radius 3 is 0.807 bits per heavy atom. The summed E-state index contributed by atoms with van der Waals surface area (Å²) in [6, 6.07) is -0.625. The first-order valence-corrected chi connectivity index (χ1v) is 40.6. The number of amides is 1. The molecule has 6 heteroatoms. The third-order valence-electron chi connectivity index (χ3n) is 19.2. The number of unbranched alkanes of at least 4 members (excludes halogenated alkanes) is 64. The molecule has 0 aromatic rings. The lowest BCUT2D eigenvalue weighted by Crippen LogP contribution is -2.45. The van der Waals surface area contributed by atoms with Crippen molar-refractivity contribution in [3.8, 4) is 0 Å². The van der Waals surface area contributed by atoms with Gasteiger partial charge in [-0.2, -0.15) is 0 Å². The molecule has 0 radical (unpaired) electrons. The molecule has 0 saturated carbocycles. The fourth-order valence-electron chi connectivity index (χ4n) is 13.0. The van der Waals surface area contributed by atoms with Crippen LogP contribution in [0.2, 0.25) is 0 Å². The molecule has 0 rings (SSSR count). The summed E-state index contributed by atoms with van der Waals surface area (Å²) < 4.78 is 5.50. The average molecular weight is 1240 g/mol. The van der Waals surface area contributed by atoms with Crippen molar-refractivity contribution in [2.45, 2.75) is 475 Å². The van der Waals surface area contributed by atoms with Gasteiger partial charge >= 0.3 is 5.97 Å². The Bertz CT molecular complexity index is 1380. The number of aliphatic hydroxyl groups excluding tert-OH is 2. The van der Waals surface area contributed by atoms with Gasteiger partial charge in [-0.25, -0.2) is 0 Å². The van der Waals surface area contributed by atoms with Gasteiger partial charge in [-0.05, 0) is 57.8 Å². The monoisotopic (exact) mass is 1240 g/mol. The van der Waals surface area contributed by atoms with Gasteiger partial charge in [-0.3, -0.25) is 9.59 Å². The molecule has 0 aromatic carbocycles. The van der Waals surface area contributed by atoms with Gasteiger partial charge in [0.05, 0.1) is 25.4 Å². The number of esters is 1. The lowest BCUT2D eigenvalue weighted by Gasteiger charge is -2.20. The molecule has 2 unspecified atom stereocenters. The van der Waals surface area contributed by atoms with Gasteiger partial charge in [-0.15, -0.1) is 0 Å². The molecule has 522 valence electrons. The van der Waals surface area contributed by atoms with E-state index < -0.39 is 12.1 Å². The summed E-state index contributed by atoms with van der Waals surface area (Å²) >= 11 is 0. The minimum absolute atomic E-state index is 0.0255. The second-order valence-electron chi connectivity index (χ2n) is 28.1. The fraction of sp³-hybridized carbons (Fsp3) is 0.927. The maximum Gasteiger partial charge on any atom is 0.305 e. The third-order valence-corrected chi connectivity index (χ3v) is 19.2. The molecule has 0 spiro atoms. The van der Waals surface area contributed by atoms with E-state index in [1.54, 1.807) is 6.08 Å². The summed E-state index contributed by atoms with van der Waals surface area (Å²) in [7, 11) is 0. The van der Waals surface area contributed by atoms with Crippen LogP contribution in [-0.4, -0.2) is 47.4 Å². The second kappa shape index (κ2) is 77.8. The van der Waals surface area contributed by atoms with E-state index in [1.165, 1.54) is 398 Å². The molecule has 0 saturated heterocycles. The van der Waals surface area contributed by atoms with Crippen LogP contribution in [0.4, 0.5) is 0 Å². The molecule has 1 amide bonds. The van der Waals surface area contributed by atoms with Crippen molar-refractivity contribution in [2.75, 3.05) is 13.2 Å². The minimum atomic E-state index is -0.842. The topological polar surface area (TPSA) is 95.9 Å². The first-order chi connectivity index (χ1) is 43.5. The predicted octanol–water partition coefficient (Wildman–Crippen LogP) is 26.8. The normalized spacial score (nSPS) is 12.5. The van der Waals surface area contributed by atoms with Gasteiger partial charge in [0.25, 0.3) is 0 Å². The second-order valence-corrected chi connectivity index (χ2v) is 28.1. The van der Waals surface area contributed by atoms with Crippen molar-refractivity contribution < 1.29 is 24.5 Å². The summed E-state index contributed by atoms with van der Waals surface area (Å²) in [4.78, 5) is 24.6. The molecule has 0 aliphatic carbocycles. The summed E-state index contributed by atoms with van der Waals surface area (Å²) in [5.41, 5.74) is 0. The highest BCUT2D eigenvalue weighted by molar-refractivity contribution is 5.76. The van der Waals surface area contributed by atoms with E-state index >= 15 is 0 Å². The fourth-order valence-corrected chi connectivity index (χ4v) is 13.0. The number of carbonyl (C=O) groups excluding carboxylic acids is 2. The van der Waals surface area contributed by atoms with Crippen LogP contribution in [0, 0.1) is 0 Å². The predicted molar refractivity (Wildman–Crippen MR) is 389 cm³/mol. The van der Waals surface area contributed by atoms with Gasteiger partial charge in [0, 0.05) is 12.8 Å². The summed E-state index contributed by atoms with van der Waals surface area (Å²) in [5.74, 6) is -0.0339. The Morgan fingerprint density at radius 2 is 0.534 bits per heavy atom. The lowest BCUT2D eigenvalue weighted by atomic mass is 10.0. The van der Waals surface area contributed by atoms with Crippen molar-refractivity contribution in [3.63, 3.8) is 0 Å². The van der Waals surface area contributed by atoms with E-state index in [-0.39, 0.29) is 18.5 Å². The van der Waals surface area contributed by atoms with Crippen LogP contribution in [0.25, 0.3) is 0 Å². The molecule has 0 heterocycles. The van der Waals surface area contributed by atoms with E-state index in [1.807, 2.05) is 6.08 Å². The molecule has 0 bridgehead atoms. The average Bonchev–Trinajstić information content (AvgIpc) is 3.56. The minimum Gasteiger partial charge on any atom is -0.466 e. The maximum absolute atomic E-state index is 12.5. The van der Waals surface area contributed by atoms with E-state index in [0.717, 1.165) is 38.5 Å². The van der Waals surface area contributed by atoms with Crippen LogP contribution in [-0.2, 0) is 14.3 Å². The Hall–Kier alpha value is -1.66. The highest BCUT2D eigenvalue weighted by atomic mass is 16.5. The number of carbonyl (C=O) groups is 2. The quantitative estimate of drug-likeness (QED) is 0.0320. The largest absolute Gasteiger partial charge is 0.466 e. The smallest absolute Gasteiger partial charge is 0.305 e. The van der Waals surface area contributed by atoms with Gasteiger partial charge in [0.1, 0.15) is 0 Å². The van der Waals surface area contributed by atoms with Gasteiger partial charge < -0.3 is 20.3 Å². The molecular formula is C82H159NO5. The molecule has 0 aliphatic rings. The van der Waals surface area contributed by atoms with Crippen molar-refractivity contribution in [2.24, 2.45) is 0 Å². The maximum atomic E-state index is 12.5. The first kappa shape index (κ1) is 86.3. The number of rotatable bonds is 77. The zero-order valence-electron chi connectivity index (χ0n) is 60.0. The van der Waals surface area contributed by atoms with Crippen LogP contribution in [0.1, 0.15) is 463 Å². The Kier molecular flexibility index (Phi) is 76.3. The summed E-state index contributed by atoms with van der Waals surface area (Å²) in [6.07, 6.45) is 100. The molecule has 6 nitrogen and oxygen atoms in total. The summed E-state index contributed by atoms with van der Waals surface area (Å²) in [5, 5.41) is 23.2. The van der Waals surface area contributed by atoms with Crippen LogP contribution in [0.15, 0.2) is 24.3 Å². The molecule has 2 atom stereocenters. The van der Waals surface area contributed by atoms with E-state index in [2.05, 4.69) is 31.3 Å². The Labute approximate surface area is 551 Å². The molecule has 3 N–H and O–H groups in total. The molecule has 0 fully saturated rings.